The van der Waals surface area contributed by atoms with Gasteiger partial charge in [0.25, 0.3) is 0 Å². The number of aliphatic hydroxyl groups is 1. The average molecular weight is 215 g/mol. The highest BCUT2D eigenvalue weighted by molar-refractivity contribution is 5.33. The van der Waals surface area contributed by atoms with Crippen molar-refractivity contribution in [3.05, 3.63) is 47.5 Å². The van der Waals surface area contributed by atoms with E-state index in [1.165, 1.54) is 0 Å². The summed E-state index contributed by atoms with van der Waals surface area (Å²) < 4.78 is 0. The van der Waals surface area contributed by atoms with E-state index in [1.54, 1.807) is 30.3 Å². The Morgan fingerprint density at radius 2 is 2.06 bits per heavy atom. The van der Waals surface area contributed by atoms with Gasteiger partial charge in [0.1, 0.15) is 0 Å². The molecule has 0 aliphatic rings. The first-order chi connectivity index (χ1) is 7.77. The first kappa shape index (κ1) is 12.5. The van der Waals surface area contributed by atoms with Crippen LogP contribution in [0.25, 0.3) is 0 Å². The van der Waals surface area contributed by atoms with Gasteiger partial charge in [0.15, 0.2) is 0 Å². The van der Waals surface area contributed by atoms with Crippen molar-refractivity contribution >= 4 is 0 Å². The quantitative estimate of drug-likeness (QED) is 0.604. The minimum absolute atomic E-state index is 0.565. The zero-order valence-electron chi connectivity index (χ0n) is 9.56. The van der Waals surface area contributed by atoms with Crippen LogP contribution in [0.15, 0.2) is 36.4 Å². The van der Waals surface area contributed by atoms with Crippen molar-refractivity contribution in [3.8, 4) is 6.07 Å². The van der Waals surface area contributed by atoms with Crippen molar-refractivity contribution in [1.29, 1.82) is 5.26 Å². The molecule has 0 saturated carbocycles. The molecule has 1 aromatic rings. The molecule has 1 atom stereocenters. The summed E-state index contributed by atoms with van der Waals surface area (Å²) in [6.45, 7) is 2.14. The molecular formula is C14H17NO. The van der Waals surface area contributed by atoms with Gasteiger partial charge < -0.3 is 5.11 Å². The molecule has 84 valence electrons. The Bertz CT molecular complexity index is 373. The summed E-state index contributed by atoms with van der Waals surface area (Å²) in [6.07, 6.45) is 6.56. The molecule has 1 rings (SSSR count). The summed E-state index contributed by atoms with van der Waals surface area (Å²) in [4.78, 5) is 0. The van der Waals surface area contributed by atoms with Crippen molar-refractivity contribution in [1.82, 2.24) is 0 Å². The standard InChI is InChI=1S/C14H17NO/c1-2-3-4-5-6-14(16)13-9-7-12(11-15)8-10-13/h5-10,14,16H,2-4H2,1H3/b6-5+. The van der Waals surface area contributed by atoms with Crippen molar-refractivity contribution in [2.45, 2.75) is 32.3 Å². The van der Waals surface area contributed by atoms with E-state index in [9.17, 15) is 5.11 Å². The largest absolute Gasteiger partial charge is 0.384 e. The molecule has 2 nitrogen and oxygen atoms in total. The normalized spacial score (nSPS) is 12.6. The van der Waals surface area contributed by atoms with E-state index in [-0.39, 0.29) is 0 Å². The van der Waals surface area contributed by atoms with E-state index in [2.05, 4.69) is 13.0 Å². The van der Waals surface area contributed by atoms with Crippen LogP contribution in [0, 0.1) is 11.3 Å². The number of nitrogens with zero attached hydrogens (tertiary/aromatic N) is 1. The monoisotopic (exact) mass is 215 g/mol. The van der Waals surface area contributed by atoms with Gasteiger partial charge in [-0.3, -0.25) is 0 Å². The minimum Gasteiger partial charge on any atom is -0.384 e. The Balaban J connectivity index is 2.56. The second-order valence-corrected chi connectivity index (χ2v) is 3.75. The molecule has 0 aliphatic carbocycles. The first-order valence-electron chi connectivity index (χ1n) is 5.62. The van der Waals surface area contributed by atoms with E-state index < -0.39 is 6.10 Å². The zero-order valence-corrected chi connectivity index (χ0v) is 9.56. The Morgan fingerprint density at radius 1 is 1.38 bits per heavy atom. The van der Waals surface area contributed by atoms with Gasteiger partial charge in [0.05, 0.1) is 17.7 Å². The van der Waals surface area contributed by atoms with E-state index >= 15 is 0 Å². The zero-order chi connectivity index (χ0) is 11.8. The fourth-order valence-electron chi connectivity index (χ4n) is 1.41. The van der Waals surface area contributed by atoms with Crippen LogP contribution < -0.4 is 0 Å². The minimum atomic E-state index is -0.565. The van der Waals surface area contributed by atoms with Gasteiger partial charge >= 0.3 is 0 Å². The van der Waals surface area contributed by atoms with Gasteiger partial charge in [-0.25, -0.2) is 0 Å². The fourth-order valence-corrected chi connectivity index (χ4v) is 1.41. The maximum absolute atomic E-state index is 9.81. The van der Waals surface area contributed by atoms with Crippen LogP contribution >= 0.6 is 0 Å². The van der Waals surface area contributed by atoms with Crippen molar-refractivity contribution in [3.63, 3.8) is 0 Å². The summed E-state index contributed by atoms with van der Waals surface area (Å²) in [6, 6.07) is 9.06. The van der Waals surface area contributed by atoms with Crippen molar-refractivity contribution in [2.24, 2.45) is 0 Å². The fraction of sp³-hybridized carbons (Fsp3) is 0.357. The molecule has 0 radical (unpaired) electrons. The van der Waals surface area contributed by atoms with Crippen LogP contribution in [-0.2, 0) is 0 Å². The summed E-state index contributed by atoms with van der Waals surface area (Å²) in [5, 5.41) is 18.5. The Morgan fingerprint density at radius 3 is 2.62 bits per heavy atom. The molecule has 0 fully saturated rings. The number of allylic oxidation sites excluding steroid dienone is 1. The van der Waals surface area contributed by atoms with E-state index in [0.29, 0.717) is 5.56 Å². The maximum Gasteiger partial charge on any atom is 0.0991 e. The summed E-state index contributed by atoms with van der Waals surface area (Å²) in [7, 11) is 0. The molecule has 0 amide bonds. The molecule has 1 aromatic carbocycles. The lowest BCUT2D eigenvalue weighted by atomic mass is 10.1. The van der Waals surface area contributed by atoms with Gasteiger partial charge in [-0.05, 0) is 24.1 Å². The van der Waals surface area contributed by atoms with Crippen molar-refractivity contribution in [2.75, 3.05) is 0 Å². The SMILES string of the molecule is CCCC/C=C/C(O)c1ccc(C#N)cc1. The number of unbranched alkanes of at least 4 members (excludes halogenated alkanes) is 2. The highest BCUT2D eigenvalue weighted by Gasteiger charge is 2.02. The predicted molar refractivity (Wildman–Crippen MR) is 64.8 cm³/mol. The topological polar surface area (TPSA) is 44.0 Å². The number of hydrogen-bond donors (Lipinski definition) is 1. The lowest BCUT2D eigenvalue weighted by Gasteiger charge is -2.05. The third-order valence-corrected chi connectivity index (χ3v) is 2.42. The smallest absolute Gasteiger partial charge is 0.0991 e. The molecule has 0 aromatic heterocycles. The first-order valence-corrected chi connectivity index (χ1v) is 5.62. The van der Waals surface area contributed by atoms with Gasteiger partial charge in [0, 0.05) is 0 Å². The lowest BCUT2D eigenvalue weighted by molar-refractivity contribution is 0.228. The molecule has 0 spiro atoms. The Hall–Kier alpha value is -1.59. The molecule has 0 saturated heterocycles. The number of rotatable bonds is 5. The van der Waals surface area contributed by atoms with Crippen LogP contribution in [-0.4, -0.2) is 5.11 Å². The van der Waals surface area contributed by atoms with E-state index in [1.807, 2.05) is 6.08 Å². The van der Waals surface area contributed by atoms with E-state index in [4.69, 9.17) is 5.26 Å². The number of hydrogen-bond acceptors (Lipinski definition) is 2. The van der Waals surface area contributed by atoms with Crippen LogP contribution in [0.1, 0.15) is 43.4 Å². The van der Waals surface area contributed by atoms with Crippen LogP contribution in [0.2, 0.25) is 0 Å². The van der Waals surface area contributed by atoms with Crippen LogP contribution in [0.5, 0.6) is 0 Å². The van der Waals surface area contributed by atoms with Crippen LogP contribution in [0.4, 0.5) is 0 Å². The second-order valence-electron chi connectivity index (χ2n) is 3.75. The number of aliphatic hydroxyl groups excluding tert-OH is 1. The summed E-state index contributed by atoms with van der Waals surface area (Å²) in [5.41, 5.74) is 1.44. The van der Waals surface area contributed by atoms with Gasteiger partial charge in [-0.1, -0.05) is 44.1 Å². The lowest BCUT2D eigenvalue weighted by Crippen LogP contribution is -1.92. The van der Waals surface area contributed by atoms with Crippen LogP contribution in [0.3, 0.4) is 0 Å². The predicted octanol–water partition coefficient (Wildman–Crippen LogP) is 3.34. The van der Waals surface area contributed by atoms with Gasteiger partial charge in [0.2, 0.25) is 0 Å². The number of benzene rings is 1. The van der Waals surface area contributed by atoms with Crippen molar-refractivity contribution < 1.29 is 5.11 Å². The maximum atomic E-state index is 9.81. The average Bonchev–Trinajstić information content (AvgIpc) is 2.34. The third-order valence-electron chi connectivity index (χ3n) is 2.42. The molecule has 16 heavy (non-hydrogen) atoms. The van der Waals surface area contributed by atoms with E-state index in [0.717, 1.165) is 24.8 Å². The summed E-state index contributed by atoms with van der Waals surface area (Å²) in [5.74, 6) is 0. The Labute approximate surface area is 96.8 Å². The molecule has 0 heterocycles. The highest BCUT2D eigenvalue weighted by Crippen LogP contribution is 2.15. The molecule has 0 bridgehead atoms. The molecule has 2 heteroatoms. The summed E-state index contributed by atoms with van der Waals surface area (Å²) >= 11 is 0. The molecular weight excluding hydrogens is 198 g/mol. The van der Waals surface area contributed by atoms with Gasteiger partial charge in [-0.2, -0.15) is 5.26 Å². The molecule has 1 unspecified atom stereocenters. The third kappa shape index (κ3) is 3.88. The number of nitriles is 1. The Kier molecular flexibility index (Phi) is 5.31. The molecule has 1 N–H and O–H groups in total. The van der Waals surface area contributed by atoms with Gasteiger partial charge in [-0.15, -0.1) is 0 Å². The second kappa shape index (κ2) is 6.81. The highest BCUT2D eigenvalue weighted by atomic mass is 16.3. The molecule has 0 aliphatic heterocycles.